The molecule has 1 amide bonds. The highest BCUT2D eigenvalue weighted by Crippen LogP contribution is 2.32. The zero-order chi connectivity index (χ0) is 24.3. The van der Waals surface area contributed by atoms with Crippen molar-refractivity contribution < 1.29 is 14.5 Å². The van der Waals surface area contributed by atoms with Crippen LogP contribution < -0.4 is 10.1 Å². The Morgan fingerprint density at radius 3 is 2.55 bits per heavy atom. The van der Waals surface area contributed by atoms with E-state index in [1.165, 1.54) is 25.3 Å². The van der Waals surface area contributed by atoms with E-state index in [9.17, 15) is 20.2 Å². The molecule has 8 nitrogen and oxygen atoms in total. The number of ether oxygens (including phenoxy) is 1. The predicted molar refractivity (Wildman–Crippen MR) is 127 cm³/mol. The maximum Gasteiger partial charge on any atom is 0.273 e. The van der Waals surface area contributed by atoms with Gasteiger partial charge in [0.25, 0.3) is 11.6 Å². The second-order valence-corrected chi connectivity index (χ2v) is 7.77. The first-order valence-corrected chi connectivity index (χ1v) is 10.2. The molecule has 168 valence electrons. The zero-order valence-electron chi connectivity index (χ0n) is 18.5. The van der Waals surface area contributed by atoms with Crippen LogP contribution in [0.4, 0.5) is 11.4 Å². The summed E-state index contributed by atoms with van der Waals surface area (Å²) >= 11 is 6.11. The summed E-state index contributed by atoms with van der Waals surface area (Å²) in [5.74, 6) is -0.230. The maximum absolute atomic E-state index is 12.7. The number of nitrogens with zero attached hydrogens (tertiary/aromatic N) is 3. The molecule has 3 aromatic rings. The molecule has 0 fully saturated rings. The number of methoxy groups -OCH3 is 1. The lowest BCUT2D eigenvalue weighted by molar-refractivity contribution is -0.384. The van der Waals surface area contributed by atoms with Gasteiger partial charge in [-0.05, 0) is 62.2 Å². The number of halogens is 1. The Kier molecular flexibility index (Phi) is 6.85. The maximum atomic E-state index is 12.7. The molecule has 0 spiro atoms. The topological polar surface area (TPSA) is 110 Å². The van der Waals surface area contributed by atoms with Crippen molar-refractivity contribution in [2.45, 2.75) is 20.8 Å². The third kappa shape index (κ3) is 4.89. The summed E-state index contributed by atoms with van der Waals surface area (Å²) in [6.45, 7) is 5.53. The van der Waals surface area contributed by atoms with Crippen molar-refractivity contribution >= 4 is 35.0 Å². The molecule has 0 radical (unpaired) electrons. The third-order valence-corrected chi connectivity index (χ3v) is 5.59. The lowest BCUT2D eigenvalue weighted by atomic mass is 10.1. The van der Waals surface area contributed by atoms with Crippen LogP contribution in [0.5, 0.6) is 5.75 Å². The lowest BCUT2D eigenvalue weighted by Gasteiger charge is -2.14. The molecule has 3 rings (SSSR count). The molecule has 9 heteroatoms. The molecule has 0 atom stereocenters. The second kappa shape index (κ2) is 9.59. The van der Waals surface area contributed by atoms with Crippen LogP contribution in [-0.2, 0) is 4.79 Å². The van der Waals surface area contributed by atoms with Crippen LogP contribution >= 0.6 is 11.6 Å². The van der Waals surface area contributed by atoms with E-state index in [0.29, 0.717) is 27.7 Å². The first-order valence-electron chi connectivity index (χ1n) is 9.87. The number of benzene rings is 2. The summed E-state index contributed by atoms with van der Waals surface area (Å²) < 4.78 is 7.22. The Morgan fingerprint density at radius 2 is 1.94 bits per heavy atom. The molecule has 0 aliphatic carbocycles. The molecule has 0 saturated heterocycles. The minimum Gasteiger partial charge on any atom is -0.494 e. The standard InChI is InChI=1S/C24H21ClN4O4/c1-14-5-6-19(11-21(14)25)27-24(30)18(13-26)10-17-9-15(2)28(16(17)3)22-8-7-20(29(31)32)12-23(22)33-4/h5-12H,1-4H3,(H,27,30)/b18-10-. The van der Waals surface area contributed by atoms with Crippen LogP contribution in [0.1, 0.15) is 22.5 Å². The highest BCUT2D eigenvalue weighted by atomic mass is 35.5. The van der Waals surface area contributed by atoms with Gasteiger partial charge >= 0.3 is 0 Å². The number of carbonyl (C=O) groups is 1. The van der Waals surface area contributed by atoms with Crippen LogP contribution in [-0.4, -0.2) is 22.5 Å². The Bertz CT molecular complexity index is 1330. The Labute approximate surface area is 195 Å². The molecule has 2 aromatic carbocycles. The Morgan fingerprint density at radius 1 is 1.21 bits per heavy atom. The van der Waals surface area contributed by atoms with Gasteiger partial charge in [0.2, 0.25) is 0 Å². The second-order valence-electron chi connectivity index (χ2n) is 7.36. The summed E-state index contributed by atoms with van der Waals surface area (Å²) in [6, 6.07) is 13.2. The Balaban J connectivity index is 1.98. The van der Waals surface area contributed by atoms with Crippen LogP contribution in [0.15, 0.2) is 48.0 Å². The number of hydrogen-bond acceptors (Lipinski definition) is 5. The van der Waals surface area contributed by atoms with Crippen LogP contribution in [0.25, 0.3) is 11.8 Å². The fourth-order valence-electron chi connectivity index (χ4n) is 3.44. The number of non-ortho nitro benzene ring substituents is 1. The number of nitriles is 1. The van der Waals surface area contributed by atoms with Gasteiger partial charge in [-0.2, -0.15) is 5.26 Å². The number of rotatable bonds is 6. The van der Waals surface area contributed by atoms with Crippen molar-refractivity contribution in [2.24, 2.45) is 0 Å². The SMILES string of the molecule is COc1cc([N+](=O)[O-])ccc1-n1c(C)cc(/C=C(/C#N)C(=O)Nc2ccc(C)c(Cl)c2)c1C. The fraction of sp³-hybridized carbons (Fsp3) is 0.167. The summed E-state index contributed by atoms with van der Waals surface area (Å²) in [5, 5.41) is 23.9. The van der Waals surface area contributed by atoms with Crippen molar-refractivity contribution in [1.29, 1.82) is 5.26 Å². The van der Waals surface area contributed by atoms with Gasteiger partial charge in [0.1, 0.15) is 17.4 Å². The highest BCUT2D eigenvalue weighted by Gasteiger charge is 2.18. The molecule has 1 aromatic heterocycles. The minimum absolute atomic E-state index is 0.0809. The Hall–Kier alpha value is -4.09. The van der Waals surface area contributed by atoms with Crippen molar-refractivity contribution in [3.63, 3.8) is 0 Å². The van der Waals surface area contributed by atoms with E-state index < -0.39 is 10.8 Å². The first-order chi connectivity index (χ1) is 15.7. The minimum atomic E-state index is -0.560. The van der Waals surface area contributed by atoms with Gasteiger partial charge in [-0.25, -0.2) is 0 Å². The van der Waals surface area contributed by atoms with Gasteiger partial charge in [-0.15, -0.1) is 0 Å². The van der Waals surface area contributed by atoms with Crippen molar-refractivity contribution in [3.05, 3.63) is 85.7 Å². The predicted octanol–water partition coefficient (Wildman–Crippen LogP) is 5.52. The van der Waals surface area contributed by atoms with E-state index >= 15 is 0 Å². The zero-order valence-corrected chi connectivity index (χ0v) is 19.2. The van der Waals surface area contributed by atoms with E-state index in [1.807, 2.05) is 37.5 Å². The molecule has 0 bridgehead atoms. The lowest BCUT2D eigenvalue weighted by Crippen LogP contribution is -2.13. The number of aryl methyl sites for hydroxylation is 2. The molecule has 1 heterocycles. The summed E-state index contributed by atoms with van der Waals surface area (Å²) in [5.41, 5.74) is 3.99. The van der Waals surface area contributed by atoms with Crippen molar-refractivity contribution in [2.75, 3.05) is 12.4 Å². The van der Waals surface area contributed by atoms with Crippen molar-refractivity contribution in [1.82, 2.24) is 4.57 Å². The number of amides is 1. The molecular weight excluding hydrogens is 444 g/mol. The first kappa shape index (κ1) is 23.6. The quantitative estimate of drug-likeness (QED) is 0.223. The number of nitro benzene ring substituents is 1. The summed E-state index contributed by atoms with van der Waals surface area (Å²) in [6.07, 6.45) is 1.50. The van der Waals surface area contributed by atoms with Crippen LogP contribution in [0.2, 0.25) is 5.02 Å². The number of aromatic nitrogens is 1. The normalized spacial score (nSPS) is 11.1. The van der Waals surface area contributed by atoms with E-state index in [4.69, 9.17) is 16.3 Å². The van der Waals surface area contributed by atoms with Gasteiger partial charge in [-0.3, -0.25) is 14.9 Å². The molecule has 0 aliphatic heterocycles. The third-order valence-electron chi connectivity index (χ3n) is 5.18. The van der Waals surface area contributed by atoms with Gasteiger partial charge in [-0.1, -0.05) is 17.7 Å². The summed E-state index contributed by atoms with van der Waals surface area (Å²) in [7, 11) is 1.44. The van der Waals surface area contributed by atoms with E-state index in [2.05, 4.69) is 5.32 Å². The van der Waals surface area contributed by atoms with Gasteiger partial charge < -0.3 is 14.6 Å². The molecular formula is C24H21ClN4O4. The summed E-state index contributed by atoms with van der Waals surface area (Å²) in [4.78, 5) is 23.3. The average molecular weight is 465 g/mol. The van der Waals surface area contributed by atoms with E-state index in [-0.39, 0.29) is 11.3 Å². The smallest absolute Gasteiger partial charge is 0.273 e. The molecule has 1 N–H and O–H groups in total. The van der Waals surface area contributed by atoms with Gasteiger partial charge in [0.05, 0.1) is 23.8 Å². The van der Waals surface area contributed by atoms with Gasteiger partial charge in [0, 0.05) is 28.2 Å². The molecule has 0 aliphatic rings. The largest absolute Gasteiger partial charge is 0.494 e. The number of carbonyl (C=O) groups excluding carboxylic acids is 1. The van der Waals surface area contributed by atoms with E-state index in [0.717, 1.165) is 17.0 Å². The fourth-order valence-corrected chi connectivity index (χ4v) is 3.62. The van der Waals surface area contributed by atoms with Gasteiger partial charge in [0.15, 0.2) is 0 Å². The average Bonchev–Trinajstić information content (AvgIpc) is 3.06. The monoisotopic (exact) mass is 464 g/mol. The van der Waals surface area contributed by atoms with Crippen molar-refractivity contribution in [3.8, 4) is 17.5 Å². The number of anilines is 1. The number of hydrogen-bond donors (Lipinski definition) is 1. The van der Waals surface area contributed by atoms with Crippen LogP contribution in [0, 0.1) is 42.2 Å². The molecule has 33 heavy (non-hydrogen) atoms. The molecule has 0 saturated carbocycles. The van der Waals surface area contributed by atoms with Crippen LogP contribution in [0.3, 0.4) is 0 Å². The molecule has 0 unspecified atom stereocenters. The van der Waals surface area contributed by atoms with E-state index in [1.54, 1.807) is 24.3 Å². The number of nitro groups is 1. The number of nitrogens with one attached hydrogen (secondary N) is 1. The highest BCUT2D eigenvalue weighted by molar-refractivity contribution is 6.31.